The molecule has 0 aliphatic carbocycles. The Kier molecular flexibility index (Phi) is 8.93. The van der Waals surface area contributed by atoms with Crippen LogP contribution in [0.2, 0.25) is 0 Å². The second-order valence-electron chi connectivity index (χ2n) is 8.88. The van der Waals surface area contributed by atoms with E-state index in [-0.39, 0.29) is 23.5 Å². The van der Waals surface area contributed by atoms with Gasteiger partial charge < -0.3 is 10.1 Å². The molecular weight excluding hydrogens is 460 g/mol. The summed E-state index contributed by atoms with van der Waals surface area (Å²) in [6.07, 6.45) is 1.67. The van der Waals surface area contributed by atoms with Gasteiger partial charge in [0.1, 0.15) is 12.3 Å². The van der Waals surface area contributed by atoms with Crippen LogP contribution < -0.4 is 14.4 Å². The van der Waals surface area contributed by atoms with Crippen molar-refractivity contribution >= 4 is 21.6 Å². The number of rotatable bonds is 11. The molecule has 7 heteroatoms. The van der Waals surface area contributed by atoms with Gasteiger partial charge in [0.05, 0.1) is 16.7 Å². The van der Waals surface area contributed by atoms with E-state index in [0.717, 1.165) is 35.3 Å². The maximum Gasteiger partial charge on any atom is 0.264 e. The van der Waals surface area contributed by atoms with Crippen LogP contribution in [0.5, 0.6) is 5.75 Å². The molecule has 3 rings (SSSR count). The lowest BCUT2D eigenvalue weighted by molar-refractivity contribution is -0.119. The molecule has 6 nitrogen and oxygen atoms in total. The highest BCUT2D eigenvalue weighted by Crippen LogP contribution is 2.26. The average molecular weight is 495 g/mol. The van der Waals surface area contributed by atoms with E-state index in [1.165, 1.54) is 4.31 Å². The van der Waals surface area contributed by atoms with Crippen molar-refractivity contribution in [2.24, 2.45) is 0 Å². The zero-order chi connectivity index (χ0) is 25.4. The van der Waals surface area contributed by atoms with Crippen LogP contribution in [0.4, 0.5) is 5.69 Å². The van der Waals surface area contributed by atoms with Crippen molar-refractivity contribution in [2.75, 3.05) is 17.4 Å². The zero-order valence-electron chi connectivity index (χ0n) is 20.8. The van der Waals surface area contributed by atoms with E-state index in [1.807, 2.05) is 64.1 Å². The van der Waals surface area contributed by atoms with Gasteiger partial charge in [-0.15, -0.1) is 0 Å². The van der Waals surface area contributed by atoms with Gasteiger partial charge in [-0.3, -0.25) is 9.10 Å². The molecule has 0 saturated heterocycles. The van der Waals surface area contributed by atoms with Gasteiger partial charge in [-0.1, -0.05) is 48.0 Å². The fourth-order valence-electron chi connectivity index (χ4n) is 3.69. The third-order valence-electron chi connectivity index (χ3n) is 5.54. The van der Waals surface area contributed by atoms with Gasteiger partial charge in [-0.25, -0.2) is 8.42 Å². The quantitative estimate of drug-likeness (QED) is 0.379. The number of benzene rings is 3. The number of nitrogens with one attached hydrogen (secondary N) is 1. The number of sulfonamides is 1. The molecule has 1 amide bonds. The zero-order valence-corrected chi connectivity index (χ0v) is 21.6. The minimum absolute atomic E-state index is 0.130. The number of hydrogen-bond donors (Lipinski definition) is 1. The van der Waals surface area contributed by atoms with E-state index in [2.05, 4.69) is 5.32 Å². The second kappa shape index (κ2) is 11.9. The number of carbonyl (C=O) groups is 1. The lowest BCUT2D eigenvalue weighted by atomic mass is 10.1. The fraction of sp³-hybridized carbons (Fsp3) is 0.321. The molecule has 3 aromatic rings. The third-order valence-corrected chi connectivity index (χ3v) is 7.31. The Balaban J connectivity index is 1.64. The van der Waals surface area contributed by atoms with Crippen LogP contribution >= 0.6 is 0 Å². The Morgan fingerprint density at radius 2 is 1.60 bits per heavy atom. The number of ether oxygens (including phenoxy) is 1. The van der Waals surface area contributed by atoms with Crippen LogP contribution in [0.25, 0.3) is 0 Å². The molecule has 0 aliphatic rings. The molecule has 0 saturated carbocycles. The minimum Gasteiger partial charge on any atom is -0.491 e. The van der Waals surface area contributed by atoms with E-state index >= 15 is 0 Å². The molecule has 0 fully saturated rings. The molecule has 3 aromatic carbocycles. The Bertz CT molecular complexity index is 1220. The lowest BCUT2D eigenvalue weighted by Crippen LogP contribution is -2.41. The van der Waals surface area contributed by atoms with Crippen molar-refractivity contribution in [3.05, 3.63) is 89.5 Å². The van der Waals surface area contributed by atoms with Crippen LogP contribution in [-0.4, -0.2) is 33.5 Å². The summed E-state index contributed by atoms with van der Waals surface area (Å²) in [6.45, 7) is 7.88. The van der Waals surface area contributed by atoms with Crippen LogP contribution in [0.3, 0.4) is 0 Å². The Hall–Kier alpha value is -3.32. The van der Waals surface area contributed by atoms with E-state index in [4.69, 9.17) is 4.74 Å². The maximum atomic E-state index is 13.5. The second-order valence-corrected chi connectivity index (χ2v) is 10.7. The minimum atomic E-state index is -3.91. The Morgan fingerprint density at radius 3 is 2.23 bits per heavy atom. The summed E-state index contributed by atoms with van der Waals surface area (Å²) in [4.78, 5) is 13.0. The first kappa shape index (κ1) is 26.3. The molecule has 0 radical (unpaired) electrons. The average Bonchev–Trinajstić information content (AvgIpc) is 2.82. The summed E-state index contributed by atoms with van der Waals surface area (Å²) in [5, 5.41) is 2.87. The van der Waals surface area contributed by atoms with Crippen molar-refractivity contribution in [3.8, 4) is 5.75 Å². The predicted octanol–water partition coefficient (Wildman–Crippen LogP) is 5.03. The Morgan fingerprint density at radius 1 is 0.943 bits per heavy atom. The fourth-order valence-corrected chi connectivity index (χ4v) is 5.18. The normalized spacial score (nSPS) is 11.3. The largest absolute Gasteiger partial charge is 0.491 e. The standard InChI is InChI=1S/C28H34N2O4S/c1-21(2)34-25-15-13-24(14-16-25)9-7-19-29-28(31)20-30(27-10-6-5-8-23(27)4)35(32,33)26-17-11-22(3)12-18-26/h5-6,8,10-18,21H,7,9,19-20H2,1-4H3,(H,29,31). The van der Waals surface area contributed by atoms with Crippen molar-refractivity contribution in [2.45, 2.75) is 51.5 Å². The first-order chi connectivity index (χ1) is 16.7. The van der Waals surface area contributed by atoms with Gasteiger partial charge in [0, 0.05) is 6.54 Å². The van der Waals surface area contributed by atoms with Crippen LogP contribution in [-0.2, 0) is 21.2 Å². The van der Waals surface area contributed by atoms with Gasteiger partial charge in [0.2, 0.25) is 5.91 Å². The van der Waals surface area contributed by atoms with E-state index in [9.17, 15) is 13.2 Å². The summed E-state index contributed by atoms with van der Waals surface area (Å²) >= 11 is 0. The Labute approximate surface area is 209 Å². The summed E-state index contributed by atoms with van der Waals surface area (Å²) in [6, 6.07) is 21.8. The first-order valence-electron chi connectivity index (χ1n) is 11.8. The highest BCUT2D eigenvalue weighted by atomic mass is 32.2. The van der Waals surface area contributed by atoms with Crippen molar-refractivity contribution in [1.29, 1.82) is 0 Å². The third kappa shape index (κ3) is 7.33. The van der Waals surface area contributed by atoms with E-state index in [1.54, 1.807) is 36.4 Å². The molecule has 0 spiro atoms. The van der Waals surface area contributed by atoms with Crippen molar-refractivity contribution in [3.63, 3.8) is 0 Å². The van der Waals surface area contributed by atoms with Gasteiger partial charge in [0.25, 0.3) is 10.0 Å². The number of nitrogens with zero attached hydrogens (tertiary/aromatic N) is 1. The topological polar surface area (TPSA) is 75.7 Å². The molecule has 35 heavy (non-hydrogen) atoms. The van der Waals surface area contributed by atoms with Gasteiger partial charge in [0.15, 0.2) is 0 Å². The monoisotopic (exact) mass is 494 g/mol. The molecular formula is C28H34N2O4S. The highest BCUT2D eigenvalue weighted by Gasteiger charge is 2.28. The molecule has 186 valence electrons. The molecule has 0 aromatic heterocycles. The number of aryl methyl sites for hydroxylation is 3. The summed E-state index contributed by atoms with van der Waals surface area (Å²) in [5.41, 5.74) is 3.39. The maximum absolute atomic E-state index is 13.5. The molecule has 0 bridgehead atoms. The first-order valence-corrected chi connectivity index (χ1v) is 13.3. The van der Waals surface area contributed by atoms with E-state index < -0.39 is 10.0 Å². The smallest absolute Gasteiger partial charge is 0.264 e. The van der Waals surface area contributed by atoms with Crippen molar-refractivity contribution in [1.82, 2.24) is 5.32 Å². The number of hydrogen-bond acceptors (Lipinski definition) is 4. The van der Waals surface area contributed by atoms with Crippen LogP contribution in [0.1, 0.15) is 37.0 Å². The van der Waals surface area contributed by atoms with E-state index in [0.29, 0.717) is 12.2 Å². The number of anilines is 1. The summed E-state index contributed by atoms with van der Waals surface area (Å²) in [5.74, 6) is 0.493. The number of para-hydroxylation sites is 1. The predicted molar refractivity (Wildman–Crippen MR) is 140 cm³/mol. The summed E-state index contributed by atoms with van der Waals surface area (Å²) in [7, 11) is -3.91. The molecule has 0 unspecified atom stereocenters. The van der Waals surface area contributed by atoms with Gasteiger partial charge >= 0.3 is 0 Å². The lowest BCUT2D eigenvalue weighted by Gasteiger charge is -2.25. The van der Waals surface area contributed by atoms with Crippen LogP contribution in [0.15, 0.2) is 77.7 Å². The molecule has 1 N–H and O–H groups in total. The highest BCUT2D eigenvalue weighted by molar-refractivity contribution is 7.92. The summed E-state index contributed by atoms with van der Waals surface area (Å²) < 4.78 is 33.8. The molecule has 0 aliphatic heterocycles. The SMILES string of the molecule is Cc1ccc(S(=O)(=O)N(CC(=O)NCCCc2ccc(OC(C)C)cc2)c2ccccc2C)cc1. The van der Waals surface area contributed by atoms with Crippen LogP contribution in [0, 0.1) is 13.8 Å². The number of amides is 1. The van der Waals surface area contributed by atoms with Crippen molar-refractivity contribution < 1.29 is 17.9 Å². The molecule has 0 atom stereocenters. The molecule has 0 heterocycles. The van der Waals surface area contributed by atoms with Gasteiger partial charge in [-0.05, 0) is 82.0 Å². The van der Waals surface area contributed by atoms with Gasteiger partial charge in [-0.2, -0.15) is 0 Å². The number of carbonyl (C=O) groups excluding carboxylic acids is 1.